The highest BCUT2D eigenvalue weighted by Gasteiger charge is 2.61. The number of rotatable bonds is 6. The number of carboxylic acid groups (broad SMARTS) is 1. The molecule has 2 aliphatic heterocycles. The Morgan fingerprint density at radius 3 is 2.49 bits per heavy atom. The second-order valence-corrected chi connectivity index (χ2v) is 14.4. The monoisotopic (exact) mass is 699 g/mol. The van der Waals surface area contributed by atoms with E-state index in [-0.39, 0.29) is 25.3 Å². The summed E-state index contributed by atoms with van der Waals surface area (Å²) in [6, 6.07) is 10.3. The summed E-state index contributed by atoms with van der Waals surface area (Å²) in [5.74, 6) is -1.84. The second-order valence-electron chi connectivity index (χ2n) is 14.4. The molecule has 1 aromatic carbocycles. The number of ether oxygens (including phenoxy) is 2. The minimum atomic E-state index is -1.45. The molecule has 3 N–H and O–H groups in total. The summed E-state index contributed by atoms with van der Waals surface area (Å²) in [5, 5.41) is 25.5. The molecule has 2 aromatic heterocycles. The van der Waals surface area contributed by atoms with Crippen molar-refractivity contribution in [3.8, 4) is 28.4 Å². The first-order valence-electron chi connectivity index (χ1n) is 17.4. The van der Waals surface area contributed by atoms with Crippen LogP contribution in [0.2, 0.25) is 0 Å². The van der Waals surface area contributed by atoms with Crippen LogP contribution in [0.5, 0.6) is 5.75 Å². The molecule has 3 aromatic rings. The topological polar surface area (TPSA) is 178 Å². The maximum absolute atomic E-state index is 14.4. The van der Waals surface area contributed by atoms with Crippen LogP contribution in [0.1, 0.15) is 71.8 Å². The van der Waals surface area contributed by atoms with Crippen LogP contribution in [-0.4, -0.2) is 90.7 Å². The lowest BCUT2D eigenvalue weighted by atomic mass is 10.0. The molecule has 0 radical (unpaired) electrons. The molecule has 2 fully saturated rings. The molecule has 3 amide bonds. The Balaban J connectivity index is 1.37. The van der Waals surface area contributed by atoms with Crippen molar-refractivity contribution in [2.45, 2.75) is 95.0 Å². The van der Waals surface area contributed by atoms with Crippen LogP contribution in [0.4, 0.5) is 4.79 Å². The third-order valence-electron chi connectivity index (χ3n) is 9.56. The standard InChI is InChI=1S/C37H45N7O7/c1-36(2,3)51-35(49)39-28-14-9-7-5-6-8-12-24-21-37(24,34(47)48)40-32(45)29-20-25(22-43(29)33(28)46)44-41-30(23-15-17-26(50-4)18-16-23)31(42-44)27-13-10-11-19-38-27/h8,10-13,15-19,24-25,28-29H,5-7,9,14,20-22H2,1-4H3,(H,39,49)(H,40,45)(H,47,48)/b12-8-/t24?,25-,28?,29?,37?/m1/s1. The zero-order chi connectivity index (χ0) is 36.3. The lowest BCUT2D eigenvalue weighted by molar-refractivity contribution is -0.145. The number of nitrogens with one attached hydrogen (secondary N) is 2. The highest BCUT2D eigenvalue weighted by atomic mass is 16.6. The second kappa shape index (κ2) is 14.5. The van der Waals surface area contributed by atoms with Crippen LogP contribution in [-0.2, 0) is 19.1 Å². The number of allylic oxidation sites excluding steroid dienone is 1. The predicted molar refractivity (Wildman–Crippen MR) is 186 cm³/mol. The molecule has 3 aliphatic rings. The van der Waals surface area contributed by atoms with Crippen LogP contribution in [0.15, 0.2) is 60.8 Å². The number of hydrogen-bond donors (Lipinski definition) is 3. The molecular weight excluding hydrogens is 654 g/mol. The third kappa shape index (κ3) is 7.89. The van der Waals surface area contributed by atoms with Gasteiger partial charge in [0, 0.05) is 30.6 Å². The maximum atomic E-state index is 14.4. The van der Waals surface area contributed by atoms with Gasteiger partial charge in [-0.15, -0.1) is 0 Å². The van der Waals surface area contributed by atoms with Gasteiger partial charge < -0.3 is 30.1 Å². The van der Waals surface area contributed by atoms with Gasteiger partial charge in [-0.2, -0.15) is 15.0 Å². The number of carbonyl (C=O) groups excluding carboxylic acids is 3. The van der Waals surface area contributed by atoms with Crippen LogP contribution in [0.25, 0.3) is 22.6 Å². The minimum absolute atomic E-state index is 0.0468. The summed E-state index contributed by atoms with van der Waals surface area (Å²) in [5.41, 5.74) is 0.190. The van der Waals surface area contributed by atoms with Crippen molar-refractivity contribution in [1.82, 2.24) is 35.5 Å². The summed E-state index contributed by atoms with van der Waals surface area (Å²) in [7, 11) is 1.59. The van der Waals surface area contributed by atoms with Gasteiger partial charge in [-0.25, -0.2) is 9.59 Å². The smallest absolute Gasteiger partial charge is 0.408 e. The van der Waals surface area contributed by atoms with Gasteiger partial charge >= 0.3 is 12.1 Å². The molecule has 6 rings (SSSR count). The number of aliphatic carboxylic acids is 1. The molecule has 1 saturated carbocycles. The number of alkyl carbamates (subject to hydrolysis) is 1. The maximum Gasteiger partial charge on any atom is 0.408 e. The van der Waals surface area contributed by atoms with E-state index in [1.807, 2.05) is 48.6 Å². The number of aromatic nitrogens is 4. The van der Waals surface area contributed by atoms with Gasteiger partial charge in [-0.1, -0.05) is 31.1 Å². The predicted octanol–water partition coefficient (Wildman–Crippen LogP) is 4.53. The van der Waals surface area contributed by atoms with Gasteiger partial charge in [0.05, 0.1) is 18.8 Å². The highest BCUT2D eigenvalue weighted by molar-refractivity contribution is 5.96. The van der Waals surface area contributed by atoms with Crippen molar-refractivity contribution in [2.24, 2.45) is 5.92 Å². The Labute approximate surface area is 296 Å². The van der Waals surface area contributed by atoms with Gasteiger partial charge in [0.25, 0.3) is 0 Å². The molecule has 14 heteroatoms. The molecule has 5 atom stereocenters. The van der Waals surface area contributed by atoms with E-state index in [4.69, 9.17) is 19.7 Å². The molecule has 51 heavy (non-hydrogen) atoms. The number of methoxy groups -OCH3 is 1. The number of nitrogens with zero attached hydrogens (tertiary/aromatic N) is 5. The summed E-state index contributed by atoms with van der Waals surface area (Å²) in [6.07, 6.45) is 8.49. The number of pyridine rings is 1. The average Bonchev–Trinajstić information content (AvgIpc) is 3.40. The highest BCUT2D eigenvalue weighted by Crippen LogP contribution is 2.45. The molecule has 0 spiro atoms. The minimum Gasteiger partial charge on any atom is -0.497 e. The largest absolute Gasteiger partial charge is 0.497 e. The Bertz CT molecular complexity index is 1790. The number of amides is 3. The van der Waals surface area contributed by atoms with Gasteiger partial charge in [-0.3, -0.25) is 14.6 Å². The average molecular weight is 700 g/mol. The number of fused-ring (bicyclic) bond motifs is 2. The van der Waals surface area contributed by atoms with E-state index in [2.05, 4.69) is 15.6 Å². The van der Waals surface area contributed by atoms with E-state index in [1.54, 1.807) is 40.1 Å². The lowest BCUT2D eigenvalue weighted by Crippen LogP contribution is -2.56. The Morgan fingerprint density at radius 1 is 1.04 bits per heavy atom. The molecule has 4 heterocycles. The fourth-order valence-corrected chi connectivity index (χ4v) is 6.80. The Kier molecular flexibility index (Phi) is 10.1. The first-order valence-corrected chi connectivity index (χ1v) is 17.4. The Hall–Kier alpha value is -5.27. The van der Waals surface area contributed by atoms with E-state index < -0.39 is 53.1 Å². The Morgan fingerprint density at radius 2 is 1.80 bits per heavy atom. The molecule has 1 saturated heterocycles. The molecule has 14 nitrogen and oxygen atoms in total. The van der Waals surface area contributed by atoms with Crippen LogP contribution >= 0.6 is 0 Å². The van der Waals surface area contributed by atoms with Gasteiger partial charge in [-0.05, 0) is 82.9 Å². The van der Waals surface area contributed by atoms with Crippen molar-refractivity contribution in [3.05, 3.63) is 60.8 Å². The van der Waals surface area contributed by atoms with Crippen LogP contribution < -0.4 is 15.4 Å². The summed E-state index contributed by atoms with van der Waals surface area (Å²) in [6.45, 7) is 5.27. The quantitative estimate of drug-likeness (QED) is 0.310. The first kappa shape index (κ1) is 35.6. The lowest BCUT2D eigenvalue weighted by Gasteiger charge is -2.30. The first-order chi connectivity index (χ1) is 24.4. The van der Waals surface area contributed by atoms with Gasteiger partial charge in [0.15, 0.2) is 0 Å². The van der Waals surface area contributed by atoms with E-state index in [0.29, 0.717) is 35.7 Å². The number of carboxylic acids is 1. The van der Waals surface area contributed by atoms with Gasteiger partial charge in [0.2, 0.25) is 11.8 Å². The number of hydrogen-bond acceptors (Lipinski definition) is 9. The SMILES string of the molecule is COc1ccc(-c2nn([C@@H]3CC4C(=O)NC5(C(=O)O)CC5/C=C\CCCCCC(NC(=O)OC(C)(C)C)C(=O)N4C3)nc2-c2ccccn2)cc1. The fourth-order valence-electron chi connectivity index (χ4n) is 6.80. The molecular formula is C37H45N7O7. The number of carbonyl (C=O) groups is 4. The van der Waals surface area contributed by atoms with Crippen molar-refractivity contribution in [3.63, 3.8) is 0 Å². The van der Waals surface area contributed by atoms with Crippen molar-refractivity contribution < 1.29 is 33.8 Å². The van der Waals surface area contributed by atoms with E-state index in [0.717, 1.165) is 24.8 Å². The summed E-state index contributed by atoms with van der Waals surface area (Å²) in [4.78, 5) is 61.5. The van der Waals surface area contributed by atoms with Gasteiger partial charge in [0.1, 0.15) is 40.4 Å². The van der Waals surface area contributed by atoms with E-state index in [9.17, 15) is 24.3 Å². The normalized spacial score (nSPS) is 26.1. The van der Waals surface area contributed by atoms with E-state index >= 15 is 0 Å². The molecule has 4 unspecified atom stereocenters. The van der Waals surface area contributed by atoms with Crippen molar-refractivity contribution in [2.75, 3.05) is 13.7 Å². The van der Waals surface area contributed by atoms with Crippen LogP contribution in [0.3, 0.4) is 0 Å². The third-order valence-corrected chi connectivity index (χ3v) is 9.56. The van der Waals surface area contributed by atoms with E-state index in [1.165, 1.54) is 9.70 Å². The fraction of sp³-hybridized carbons (Fsp3) is 0.486. The van der Waals surface area contributed by atoms with Crippen molar-refractivity contribution >= 4 is 23.9 Å². The zero-order valence-electron chi connectivity index (χ0n) is 29.4. The molecule has 0 bridgehead atoms. The zero-order valence-corrected chi connectivity index (χ0v) is 29.4. The van der Waals surface area contributed by atoms with Crippen molar-refractivity contribution in [1.29, 1.82) is 0 Å². The van der Waals surface area contributed by atoms with Crippen LogP contribution in [0, 0.1) is 5.92 Å². The summed E-state index contributed by atoms with van der Waals surface area (Å²) < 4.78 is 10.8. The molecule has 270 valence electrons. The molecule has 1 aliphatic carbocycles. The number of benzene rings is 1. The summed E-state index contributed by atoms with van der Waals surface area (Å²) >= 11 is 0.